The molecule has 0 saturated carbocycles. The molecule has 0 unspecified atom stereocenters. The van der Waals surface area contributed by atoms with Crippen molar-refractivity contribution in [3.63, 3.8) is 0 Å². The predicted octanol–water partition coefficient (Wildman–Crippen LogP) is -9.28. The first kappa shape index (κ1) is 55.4. The molecule has 2 N–H and O–H groups in total. The molecule has 0 fully saturated rings. The van der Waals surface area contributed by atoms with Gasteiger partial charge in [0, 0.05) is 31.8 Å². The van der Waals surface area contributed by atoms with Crippen molar-refractivity contribution in [2.45, 2.75) is 102 Å². The number of aliphatic hydroxyl groups excluding tert-OH is 2. The number of hydrogen-bond donors (Lipinski definition) is 2. The van der Waals surface area contributed by atoms with Crippen molar-refractivity contribution in [2.75, 3.05) is 19.8 Å². The second-order valence-corrected chi connectivity index (χ2v) is 14.9. The minimum Gasteiger partial charge on any atom is -0.810 e. The van der Waals surface area contributed by atoms with Gasteiger partial charge in [-0.25, -0.2) is 0 Å². The number of carbonyl (C=O) groups excluding carboxylic acids is 1. The molecule has 0 saturated heterocycles. The van der Waals surface area contributed by atoms with E-state index in [0.717, 1.165) is 19.3 Å². The second kappa shape index (κ2) is 29.4. The first-order valence-electron chi connectivity index (χ1n) is 15.6. The van der Waals surface area contributed by atoms with Crippen LogP contribution in [0.25, 0.3) is 0 Å². The van der Waals surface area contributed by atoms with Crippen LogP contribution in [0.2, 0.25) is 0 Å². The molecule has 0 radical (unpaired) electrons. The number of rotatable bonds is 23. The molecular weight excluding hydrogens is 712 g/mol. The van der Waals surface area contributed by atoms with E-state index >= 15 is 0 Å². The molecule has 0 aliphatic heterocycles. The normalized spacial score (nSPS) is 11.5. The van der Waals surface area contributed by atoms with Gasteiger partial charge in [-0.1, -0.05) is 122 Å². The van der Waals surface area contributed by atoms with E-state index in [9.17, 15) is 43.7 Å². The number of nitrogens with zero attached hydrogens (tertiary/aromatic N) is 1. The van der Waals surface area contributed by atoms with Gasteiger partial charge in [0.15, 0.2) is 0 Å². The van der Waals surface area contributed by atoms with Crippen molar-refractivity contribution in [3.8, 4) is 0 Å². The quantitative estimate of drug-likeness (QED) is 0.0473. The Morgan fingerprint density at radius 1 is 0.653 bits per heavy atom. The first-order valence-corrected chi connectivity index (χ1v) is 19.0. The number of benzene rings is 2. The Morgan fingerprint density at radius 3 is 1.35 bits per heavy atom. The minimum absolute atomic E-state index is 0. The molecule has 0 spiro atoms. The first-order chi connectivity index (χ1) is 21.3. The van der Waals surface area contributed by atoms with Crippen LogP contribution in [0.5, 0.6) is 0 Å². The number of ether oxygens (including phenoxy) is 1. The van der Waals surface area contributed by atoms with E-state index in [4.69, 9.17) is 4.74 Å². The molecular formula is C32H47NNa4O10P2. The summed E-state index contributed by atoms with van der Waals surface area (Å²) < 4.78 is 27.9. The van der Waals surface area contributed by atoms with E-state index in [1.165, 1.54) is 56.4 Å². The number of unbranched alkanes of at least 4 members (excludes halogenated alkanes) is 8. The van der Waals surface area contributed by atoms with Gasteiger partial charge in [0.25, 0.3) is 0 Å². The summed E-state index contributed by atoms with van der Waals surface area (Å²) >= 11 is 0. The third-order valence-corrected chi connectivity index (χ3v) is 9.30. The fourth-order valence-corrected chi connectivity index (χ4v) is 6.40. The largest absolute Gasteiger partial charge is 1.00 e. The molecule has 2 aromatic carbocycles. The average Bonchev–Trinajstić information content (AvgIpc) is 2.97. The number of aliphatic hydroxyl groups is 2. The van der Waals surface area contributed by atoms with Crippen molar-refractivity contribution < 1.29 is 167 Å². The van der Waals surface area contributed by atoms with Gasteiger partial charge in [0.1, 0.15) is 12.1 Å². The third kappa shape index (κ3) is 24.3. The van der Waals surface area contributed by atoms with Crippen molar-refractivity contribution >= 4 is 21.2 Å². The third-order valence-electron chi connectivity index (χ3n) is 7.79. The van der Waals surface area contributed by atoms with E-state index in [-0.39, 0.29) is 144 Å². The van der Waals surface area contributed by atoms with Gasteiger partial charge >= 0.3 is 124 Å². The maximum Gasteiger partial charge on any atom is 1.00 e. The van der Waals surface area contributed by atoms with Gasteiger partial charge in [-0.3, -0.25) is 9.69 Å². The molecule has 0 bridgehead atoms. The van der Waals surface area contributed by atoms with Gasteiger partial charge in [-0.15, -0.1) is 0 Å². The minimum atomic E-state index is -4.75. The maximum absolute atomic E-state index is 12.6. The van der Waals surface area contributed by atoms with Gasteiger partial charge in [0.2, 0.25) is 0 Å². The van der Waals surface area contributed by atoms with Crippen LogP contribution in [0.4, 0.5) is 0 Å². The molecule has 0 heterocycles. The summed E-state index contributed by atoms with van der Waals surface area (Å²) in [5, 5.41) is 21.0. The van der Waals surface area contributed by atoms with E-state index in [1.54, 1.807) is 29.2 Å². The van der Waals surface area contributed by atoms with E-state index in [1.807, 2.05) is 0 Å². The van der Waals surface area contributed by atoms with Crippen LogP contribution in [0.15, 0.2) is 48.5 Å². The van der Waals surface area contributed by atoms with E-state index in [2.05, 4.69) is 6.92 Å². The molecule has 0 aliphatic carbocycles. The molecule has 0 atom stereocenters. The van der Waals surface area contributed by atoms with Crippen molar-refractivity contribution in [2.24, 2.45) is 0 Å². The maximum atomic E-state index is 12.6. The standard InChI is InChI=1S/C32H51NO10P2.4Na/c1-2-3-4-5-6-7-8-9-10-11-31(36)43-26-32(24-34,25-35)33(20-27-12-16-29(17-13-27)22-44(37,38)39)21-28-14-18-30(19-15-28)23-45(40,41)42;;;;/h12-19,34-35H,2-11,20-26H2,1H3,(H2,37,38,39)(H2,40,41,42);;;;/q;4*+1/p-4. The zero-order valence-electron chi connectivity index (χ0n) is 30.1. The Hall–Kier alpha value is 2.09. The Labute approximate surface area is 380 Å². The molecule has 254 valence electrons. The van der Waals surface area contributed by atoms with E-state index < -0.39 is 52.2 Å². The van der Waals surface area contributed by atoms with Crippen LogP contribution < -0.4 is 138 Å². The topological polar surface area (TPSA) is 196 Å². The summed E-state index contributed by atoms with van der Waals surface area (Å²) in [5.74, 6) is -0.433. The Bertz CT molecular complexity index is 1170. The Kier molecular flexibility index (Phi) is 33.2. The molecule has 2 rings (SSSR count). The SMILES string of the molecule is CCCCCCCCCCCC(=O)OCC(CO)(CO)N(Cc1ccc(CP(=O)([O-])[O-])cc1)Cc1ccc(CP(=O)([O-])[O-])cc1.[Na+].[Na+].[Na+].[Na+]. The van der Waals surface area contributed by atoms with Gasteiger partial charge < -0.3 is 43.7 Å². The zero-order chi connectivity index (χ0) is 33.3. The van der Waals surface area contributed by atoms with Crippen molar-refractivity contribution in [3.05, 3.63) is 70.8 Å². The second-order valence-electron chi connectivity index (χ2n) is 11.8. The summed E-state index contributed by atoms with van der Waals surface area (Å²) in [4.78, 5) is 59.0. The molecule has 2 aromatic rings. The van der Waals surface area contributed by atoms with Gasteiger partial charge in [-0.2, -0.15) is 0 Å². The Balaban J connectivity index is -0.00000529. The summed E-state index contributed by atoms with van der Waals surface area (Å²) in [6, 6.07) is 12.6. The predicted molar refractivity (Wildman–Crippen MR) is 164 cm³/mol. The van der Waals surface area contributed by atoms with E-state index in [0.29, 0.717) is 28.7 Å². The van der Waals surface area contributed by atoms with Crippen LogP contribution in [0.3, 0.4) is 0 Å². The fourth-order valence-electron chi connectivity index (χ4n) is 5.08. The Morgan fingerprint density at radius 2 is 1.00 bits per heavy atom. The van der Waals surface area contributed by atoms with Gasteiger partial charge in [-0.05, 0) is 28.7 Å². The summed E-state index contributed by atoms with van der Waals surface area (Å²) in [6.07, 6.45) is 8.88. The monoisotopic (exact) mass is 759 g/mol. The zero-order valence-corrected chi connectivity index (χ0v) is 39.9. The van der Waals surface area contributed by atoms with Crippen LogP contribution in [0, 0.1) is 0 Å². The van der Waals surface area contributed by atoms with Crippen molar-refractivity contribution in [1.29, 1.82) is 0 Å². The number of esters is 1. The molecule has 17 heteroatoms. The van der Waals surface area contributed by atoms with Crippen LogP contribution in [0.1, 0.15) is 93.4 Å². The molecule has 11 nitrogen and oxygen atoms in total. The van der Waals surface area contributed by atoms with Gasteiger partial charge in [0.05, 0.1) is 13.2 Å². The smallest absolute Gasteiger partial charge is 0.810 e. The molecule has 0 amide bonds. The van der Waals surface area contributed by atoms with Crippen LogP contribution in [-0.2, 0) is 44.1 Å². The average molecular weight is 760 g/mol. The summed E-state index contributed by atoms with van der Waals surface area (Å²) in [7, 11) is -9.50. The van der Waals surface area contributed by atoms with Crippen molar-refractivity contribution in [1.82, 2.24) is 4.90 Å². The summed E-state index contributed by atoms with van der Waals surface area (Å²) in [5.41, 5.74) is 0.597. The molecule has 0 aromatic heterocycles. The number of hydrogen-bond acceptors (Lipinski definition) is 11. The fraction of sp³-hybridized carbons (Fsp3) is 0.594. The van der Waals surface area contributed by atoms with Crippen LogP contribution >= 0.6 is 15.2 Å². The molecule has 49 heavy (non-hydrogen) atoms. The summed E-state index contributed by atoms with van der Waals surface area (Å²) in [6.45, 7) is 1.05. The van der Waals surface area contributed by atoms with Crippen LogP contribution in [-0.4, -0.2) is 46.4 Å². The number of carbonyl (C=O) groups is 1. The molecule has 0 aliphatic rings.